The lowest BCUT2D eigenvalue weighted by Gasteiger charge is -2.55. The number of nitrogens with zero attached hydrogens (tertiary/aromatic N) is 3. The molecule has 1 aromatic rings. The van der Waals surface area contributed by atoms with Crippen LogP contribution in [0.5, 0.6) is 0 Å². The molecule has 1 N–H and O–H groups in total. The average molecular weight is 369 g/mol. The number of hydrazine groups is 1. The Morgan fingerprint density at radius 2 is 1.93 bits per heavy atom. The molecule has 3 aliphatic heterocycles. The number of piperazine rings is 1. The summed E-state index contributed by atoms with van der Waals surface area (Å²) in [6, 6.07) is 8.44. The lowest BCUT2D eigenvalue weighted by molar-refractivity contribution is -0.150. The topological polar surface area (TPSA) is 55.9 Å². The molecule has 2 bridgehead atoms. The molecule has 3 heterocycles. The molecule has 2 amide bonds. The number of benzene rings is 1. The quantitative estimate of drug-likeness (QED) is 0.862. The maximum atomic E-state index is 13.5. The van der Waals surface area contributed by atoms with E-state index in [0.717, 1.165) is 18.7 Å². The van der Waals surface area contributed by atoms with E-state index in [1.807, 2.05) is 29.1 Å². The van der Waals surface area contributed by atoms with Crippen molar-refractivity contribution >= 4 is 17.5 Å². The van der Waals surface area contributed by atoms with Gasteiger partial charge in [-0.1, -0.05) is 32.0 Å². The Morgan fingerprint density at radius 3 is 2.67 bits per heavy atom. The summed E-state index contributed by atoms with van der Waals surface area (Å²) in [6.45, 7) is 7.86. The zero-order chi connectivity index (χ0) is 19.4. The predicted molar refractivity (Wildman–Crippen MR) is 105 cm³/mol. The van der Waals surface area contributed by atoms with Crippen molar-refractivity contribution in [2.45, 2.75) is 50.6 Å². The number of nitrogens with one attached hydrogen (secondary N) is 1. The van der Waals surface area contributed by atoms with Crippen LogP contribution in [-0.2, 0) is 15.0 Å². The van der Waals surface area contributed by atoms with Gasteiger partial charge in [-0.3, -0.25) is 24.9 Å². The number of hydrogen-bond donors (Lipinski definition) is 1. The van der Waals surface area contributed by atoms with E-state index in [1.54, 1.807) is 6.92 Å². The number of para-hydroxylation sites is 1. The summed E-state index contributed by atoms with van der Waals surface area (Å²) in [4.78, 5) is 29.6. The molecule has 4 rings (SSSR count). The van der Waals surface area contributed by atoms with Crippen LogP contribution >= 0.6 is 0 Å². The third kappa shape index (κ3) is 2.81. The first-order chi connectivity index (χ1) is 12.7. The number of likely N-dealkylation sites (tertiary alicyclic amines) is 1. The normalized spacial score (nSPS) is 29.4. The Labute approximate surface area is 161 Å². The molecule has 0 aliphatic carbocycles. The van der Waals surface area contributed by atoms with Crippen LogP contribution in [0.3, 0.4) is 0 Å². The maximum Gasteiger partial charge on any atom is 0.260 e. The first-order valence-electron chi connectivity index (χ1n) is 9.73. The summed E-state index contributed by atoms with van der Waals surface area (Å²) in [6.07, 6.45) is 3.78. The van der Waals surface area contributed by atoms with Gasteiger partial charge in [0.05, 0.1) is 5.69 Å². The summed E-state index contributed by atoms with van der Waals surface area (Å²) in [5.74, 6) is 0.0178. The Kier molecular flexibility index (Phi) is 4.22. The van der Waals surface area contributed by atoms with E-state index in [4.69, 9.17) is 0 Å². The number of carbonyl (C=O) groups excluding carboxylic acids is 2. The van der Waals surface area contributed by atoms with E-state index in [0.29, 0.717) is 19.5 Å². The molecule has 2 unspecified atom stereocenters. The summed E-state index contributed by atoms with van der Waals surface area (Å²) in [5, 5.41) is 1.98. The molecule has 0 spiro atoms. The lowest BCUT2D eigenvalue weighted by atomic mass is 9.79. The standard InChI is InChI=1S/C21H29N4O2/c1-15(26)24-12-16-8-7-11-21(14-24,23(16)4)19(27)22-25-13-20(2,3)17-9-5-6-10-18(17)25/h5-7,9-10,16H,8,11-14H2,1-4H3,(H,22,27). The van der Waals surface area contributed by atoms with Gasteiger partial charge in [0.1, 0.15) is 5.54 Å². The molecular formula is C21H29N4O2. The molecule has 27 heavy (non-hydrogen) atoms. The summed E-state index contributed by atoms with van der Waals surface area (Å²) in [5.41, 5.74) is 4.78. The fourth-order valence-corrected chi connectivity index (χ4v) is 4.91. The van der Waals surface area contributed by atoms with Crippen LogP contribution in [0.1, 0.15) is 39.2 Å². The highest BCUT2D eigenvalue weighted by Crippen LogP contribution is 2.40. The van der Waals surface area contributed by atoms with Crippen LogP contribution in [0.4, 0.5) is 5.69 Å². The molecule has 1 radical (unpaired) electrons. The van der Waals surface area contributed by atoms with Gasteiger partial charge in [0.2, 0.25) is 5.91 Å². The largest absolute Gasteiger partial charge is 0.339 e. The first-order valence-corrected chi connectivity index (χ1v) is 9.73. The zero-order valence-corrected chi connectivity index (χ0v) is 16.7. The molecule has 2 atom stereocenters. The fourth-order valence-electron chi connectivity index (χ4n) is 4.91. The van der Waals surface area contributed by atoms with Crippen molar-refractivity contribution in [1.82, 2.24) is 15.2 Å². The molecule has 0 saturated carbocycles. The van der Waals surface area contributed by atoms with E-state index >= 15 is 0 Å². The van der Waals surface area contributed by atoms with Crippen LogP contribution in [-0.4, -0.2) is 59.9 Å². The van der Waals surface area contributed by atoms with Crippen LogP contribution in [0.25, 0.3) is 0 Å². The molecule has 0 aromatic heterocycles. The van der Waals surface area contributed by atoms with Crippen molar-refractivity contribution in [2.24, 2.45) is 0 Å². The molecule has 6 heteroatoms. The number of amides is 2. The predicted octanol–water partition coefficient (Wildman–Crippen LogP) is 1.71. The number of piperidine rings is 1. The monoisotopic (exact) mass is 369 g/mol. The third-order valence-electron chi connectivity index (χ3n) is 6.61. The number of likely N-dealkylation sites (N-methyl/N-ethyl adjacent to an activating group) is 1. The lowest BCUT2D eigenvalue weighted by Crippen LogP contribution is -2.73. The van der Waals surface area contributed by atoms with Crippen LogP contribution < -0.4 is 10.4 Å². The molecule has 3 aliphatic rings. The third-order valence-corrected chi connectivity index (χ3v) is 6.61. The Bertz CT molecular complexity index is 777. The summed E-state index contributed by atoms with van der Waals surface area (Å²) in [7, 11) is 2.02. The van der Waals surface area contributed by atoms with Gasteiger partial charge in [0, 0.05) is 38.0 Å². The average Bonchev–Trinajstić information content (AvgIpc) is 2.85. The Hall–Kier alpha value is -2.08. The molecule has 6 nitrogen and oxygen atoms in total. The van der Waals surface area contributed by atoms with Crippen LogP contribution in [0, 0.1) is 6.42 Å². The van der Waals surface area contributed by atoms with Crippen molar-refractivity contribution < 1.29 is 9.59 Å². The van der Waals surface area contributed by atoms with Gasteiger partial charge >= 0.3 is 0 Å². The fraction of sp³-hybridized carbons (Fsp3) is 0.571. The maximum absolute atomic E-state index is 13.5. The van der Waals surface area contributed by atoms with Gasteiger partial charge in [0.15, 0.2) is 0 Å². The minimum atomic E-state index is -0.700. The van der Waals surface area contributed by atoms with Crippen molar-refractivity contribution in [3.8, 4) is 0 Å². The van der Waals surface area contributed by atoms with Crippen molar-refractivity contribution in [3.05, 3.63) is 36.2 Å². The summed E-state index contributed by atoms with van der Waals surface area (Å²) >= 11 is 0. The molecule has 1 aromatic carbocycles. The second kappa shape index (κ2) is 6.23. The number of rotatable bonds is 2. The van der Waals surface area contributed by atoms with Crippen LogP contribution in [0.15, 0.2) is 24.3 Å². The molecule has 2 saturated heterocycles. The number of hydrogen-bond acceptors (Lipinski definition) is 4. The molecular weight excluding hydrogens is 340 g/mol. The molecule has 2 fully saturated rings. The number of carbonyl (C=O) groups is 2. The van der Waals surface area contributed by atoms with Gasteiger partial charge in [-0.2, -0.15) is 0 Å². The van der Waals surface area contributed by atoms with Gasteiger partial charge in [-0.25, -0.2) is 0 Å². The highest BCUT2D eigenvalue weighted by molar-refractivity contribution is 5.90. The van der Waals surface area contributed by atoms with E-state index < -0.39 is 5.54 Å². The van der Waals surface area contributed by atoms with Gasteiger partial charge in [-0.05, 0) is 37.9 Å². The molecule has 145 valence electrons. The van der Waals surface area contributed by atoms with E-state index in [1.165, 1.54) is 5.56 Å². The minimum absolute atomic E-state index is 0.0212. The summed E-state index contributed by atoms with van der Waals surface area (Å²) < 4.78 is 0. The number of anilines is 1. The minimum Gasteiger partial charge on any atom is -0.339 e. The highest BCUT2D eigenvalue weighted by atomic mass is 16.2. The van der Waals surface area contributed by atoms with E-state index in [2.05, 4.69) is 42.7 Å². The van der Waals surface area contributed by atoms with Crippen molar-refractivity contribution in [2.75, 3.05) is 31.7 Å². The number of fused-ring (bicyclic) bond motifs is 3. The van der Waals surface area contributed by atoms with Gasteiger partial charge < -0.3 is 4.90 Å². The SMILES string of the molecule is CC(=O)N1CC2C[CH]CC(C(=O)NN3CC(C)(C)c4ccccc43)(C1)N2C. The zero-order valence-electron chi connectivity index (χ0n) is 16.7. The van der Waals surface area contributed by atoms with Crippen LogP contribution in [0.2, 0.25) is 0 Å². The Morgan fingerprint density at radius 1 is 1.19 bits per heavy atom. The van der Waals surface area contributed by atoms with Crippen molar-refractivity contribution in [3.63, 3.8) is 0 Å². The van der Waals surface area contributed by atoms with Crippen molar-refractivity contribution in [1.29, 1.82) is 0 Å². The first kappa shape index (κ1) is 18.3. The second-order valence-electron chi connectivity index (χ2n) is 8.85. The van der Waals surface area contributed by atoms with Gasteiger partial charge in [-0.15, -0.1) is 0 Å². The Balaban J connectivity index is 1.61. The highest BCUT2D eigenvalue weighted by Gasteiger charge is 2.53. The van der Waals surface area contributed by atoms with E-state index in [-0.39, 0.29) is 23.3 Å². The second-order valence-corrected chi connectivity index (χ2v) is 8.85. The van der Waals surface area contributed by atoms with Gasteiger partial charge in [0.25, 0.3) is 5.91 Å². The van der Waals surface area contributed by atoms with E-state index in [9.17, 15) is 9.59 Å². The smallest absolute Gasteiger partial charge is 0.260 e.